The first-order valence-corrected chi connectivity index (χ1v) is 5.22. The molecule has 0 bridgehead atoms. The molecular formula is C11H16FN3. The van der Waals surface area contributed by atoms with Gasteiger partial charge in [-0.2, -0.15) is 0 Å². The molecule has 0 aliphatic carbocycles. The summed E-state index contributed by atoms with van der Waals surface area (Å²) in [5.41, 5.74) is 6.83. The van der Waals surface area contributed by atoms with Crippen molar-refractivity contribution in [1.29, 1.82) is 0 Å². The van der Waals surface area contributed by atoms with Gasteiger partial charge in [-0.1, -0.05) is 6.92 Å². The van der Waals surface area contributed by atoms with E-state index in [1.54, 1.807) is 6.20 Å². The monoisotopic (exact) mass is 209 g/mol. The van der Waals surface area contributed by atoms with E-state index in [9.17, 15) is 4.39 Å². The molecule has 82 valence electrons. The molecule has 1 aliphatic rings. The summed E-state index contributed by atoms with van der Waals surface area (Å²) in [6.45, 7) is 4.76. The molecule has 3 nitrogen and oxygen atoms in total. The number of likely N-dealkylation sites (tertiary alicyclic amines) is 1. The molecule has 2 atom stereocenters. The fourth-order valence-corrected chi connectivity index (χ4v) is 2.02. The van der Waals surface area contributed by atoms with Gasteiger partial charge in [0.25, 0.3) is 0 Å². The highest BCUT2D eigenvalue weighted by Gasteiger charge is 2.26. The minimum absolute atomic E-state index is 0.242. The predicted octanol–water partition coefficient (Wildman–Crippen LogP) is 1.000. The van der Waals surface area contributed by atoms with E-state index in [2.05, 4.69) is 16.8 Å². The highest BCUT2D eigenvalue weighted by Crippen LogP contribution is 2.17. The molecule has 2 heterocycles. The third-order valence-electron chi connectivity index (χ3n) is 2.91. The minimum atomic E-state index is -0.274. The molecule has 0 aromatic carbocycles. The molecule has 1 aliphatic heterocycles. The highest BCUT2D eigenvalue weighted by molar-refractivity contribution is 5.10. The number of nitrogens with zero attached hydrogens (tertiary/aromatic N) is 2. The maximum Gasteiger partial charge on any atom is 0.141 e. The van der Waals surface area contributed by atoms with Crippen molar-refractivity contribution in [2.45, 2.75) is 19.5 Å². The van der Waals surface area contributed by atoms with Gasteiger partial charge in [-0.15, -0.1) is 0 Å². The SMILES string of the molecule is CC1CN(Cc2cncc(F)c2)CC1N. The molecule has 2 rings (SSSR count). The molecule has 2 unspecified atom stereocenters. The number of nitrogens with two attached hydrogens (primary N) is 1. The zero-order valence-electron chi connectivity index (χ0n) is 8.86. The lowest BCUT2D eigenvalue weighted by atomic mass is 10.1. The molecule has 1 aromatic rings. The summed E-state index contributed by atoms with van der Waals surface area (Å²) in [4.78, 5) is 6.07. The van der Waals surface area contributed by atoms with E-state index in [-0.39, 0.29) is 11.9 Å². The predicted molar refractivity (Wildman–Crippen MR) is 56.6 cm³/mol. The molecule has 1 aromatic heterocycles. The fourth-order valence-electron chi connectivity index (χ4n) is 2.02. The van der Waals surface area contributed by atoms with Gasteiger partial charge in [-0.3, -0.25) is 9.88 Å². The van der Waals surface area contributed by atoms with Crippen LogP contribution in [0, 0.1) is 11.7 Å². The van der Waals surface area contributed by atoms with Crippen LogP contribution in [0.5, 0.6) is 0 Å². The number of rotatable bonds is 2. The quantitative estimate of drug-likeness (QED) is 0.790. The number of hydrogen-bond donors (Lipinski definition) is 1. The number of aromatic nitrogens is 1. The van der Waals surface area contributed by atoms with E-state index in [4.69, 9.17) is 5.73 Å². The highest BCUT2D eigenvalue weighted by atomic mass is 19.1. The lowest BCUT2D eigenvalue weighted by molar-refractivity contribution is 0.318. The van der Waals surface area contributed by atoms with Crippen molar-refractivity contribution in [3.8, 4) is 0 Å². The smallest absolute Gasteiger partial charge is 0.141 e. The summed E-state index contributed by atoms with van der Waals surface area (Å²) in [7, 11) is 0. The maximum atomic E-state index is 12.9. The van der Waals surface area contributed by atoms with Crippen molar-refractivity contribution in [2.75, 3.05) is 13.1 Å². The summed E-state index contributed by atoms with van der Waals surface area (Å²) >= 11 is 0. The van der Waals surface area contributed by atoms with Gasteiger partial charge in [0.2, 0.25) is 0 Å². The van der Waals surface area contributed by atoms with E-state index < -0.39 is 0 Å². The van der Waals surface area contributed by atoms with Crippen molar-refractivity contribution in [3.63, 3.8) is 0 Å². The third-order valence-corrected chi connectivity index (χ3v) is 2.91. The first-order valence-electron chi connectivity index (χ1n) is 5.22. The molecule has 15 heavy (non-hydrogen) atoms. The van der Waals surface area contributed by atoms with E-state index >= 15 is 0 Å². The van der Waals surface area contributed by atoms with E-state index in [1.807, 2.05) is 0 Å². The number of hydrogen-bond acceptors (Lipinski definition) is 3. The second-order valence-corrected chi connectivity index (χ2v) is 4.35. The molecule has 0 radical (unpaired) electrons. The van der Waals surface area contributed by atoms with Crippen LogP contribution >= 0.6 is 0 Å². The molecule has 0 amide bonds. The van der Waals surface area contributed by atoms with Crippen LogP contribution < -0.4 is 5.73 Å². The molecule has 0 spiro atoms. The Kier molecular flexibility index (Phi) is 2.98. The average Bonchev–Trinajstić information content (AvgIpc) is 2.45. The Labute approximate surface area is 89.1 Å². The lowest BCUT2D eigenvalue weighted by Gasteiger charge is -2.14. The summed E-state index contributed by atoms with van der Waals surface area (Å²) in [6, 6.07) is 1.77. The van der Waals surface area contributed by atoms with Crippen molar-refractivity contribution in [2.24, 2.45) is 11.7 Å². The maximum absolute atomic E-state index is 12.9. The third kappa shape index (κ3) is 2.52. The van der Waals surface area contributed by atoms with Crippen molar-refractivity contribution < 1.29 is 4.39 Å². The molecular weight excluding hydrogens is 193 g/mol. The normalized spacial score (nSPS) is 27.1. The van der Waals surface area contributed by atoms with Crippen molar-refractivity contribution >= 4 is 0 Å². The van der Waals surface area contributed by atoms with E-state index in [1.165, 1.54) is 12.3 Å². The molecule has 2 N–H and O–H groups in total. The van der Waals surface area contributed by atoms with Crippen LogP contribution in [0.1, 0.15) is 12.5 Å². The van der Waals surface area contributed by atoms with Crippen molar-refractivity contribution in [3.05, 3.63) is 29.8 Å². The largest absolute Gasteiger partial charge is 0.326 e. The van der Waals surface area contributed by atoms with Crippen molar-refractivity contribution in [1.82, 2.24) is 9.88 Å². The Hall–Kier alpha value is -1.00. The summed E-state index contributed by atoms with van der Waals surface area (Å²) in [5.74, 6) is 0.246. The van der Waals surface area contributed by atoms with Crippen LogP contribution in [0.4, 0.5) is 4.39 Å². The second-order valence-electron chi connectivity index (χ2n) is 4.35. The topological polar surface area (TPSA) is 42.2 Å². The zero-order chi connectivity index (χ0) is 10.8. The molecule has 1 fully saturated rings. The Balaban J connectivity index is 1.98. The fraction of sp³-hybridized carbons (Fsp3) is 0.545. The lowest BCUT2D eigenvalue weighted by Crippen LogP contribution is -2.28. The van der Waals surface area contributed by atoms with Gasteiger partial charge in [-0.05, 0) is 17.5 Å². The van der Waals surface area contributed by atoms with Gasteiger partial charge in [0.05, 0.1) is 6.20 Å². The molecule has 4 heteroatoms. The summed E-state index contributed by atoms with van der Waals surface area (Å²) in [6.07, 6.45) is 2.93. The van der Waals surface area contributed by atoms with Gasteiger partial charge in [-0.25, -0.2) is 4.39 Å². The summed E-state index contributed by atoms with van der Waals surface area (Å²) in [5, 5.41) is 0. The number of pyridine rings is 1. The van der Waals surface area contributed by atoms with Gasteiger partial charge in [0, 0.05) is 31.9 Å². The Bertz CT molecular complexity index is 332. The first kappa shape index (κ1) is 10.5. The average molecular weight is 209 g/mol. The number of halogens is 1. The van der Waals surface area contributed by atoms with Crippen LogP contribution in [0.2, 0.25) is 0 Å². The Morgan fingerprint density at radius 1 is 1.53 bits per heavy atom. The first-order chi connectivity index (χ1) is 7.15. The summed E-state index contributed by atoms with van der Waals surface area (Å²) < 4.78 is 12.9. The van der Waals surface area contributed by atoms with Gasteiger partial charge in [0.15, 0.2) is 0 Å². The Morgan fingerprint density at radius 3 is 2.93 bits per heavy atom. The van der Waals surface area contributed by atoms with Gasteiger partial charge >= 0.3 is 0 Å². The van der Waals surface area contributed by atoms with Gasteiger partial charge < -0.3 is 5.73 Å². The van der Waals surface area contributed by atoms with E-state index in [0.29, 0.717) is 5.92 Å². The Morgan fingerprint density at radius 2 is 2.33 bits per heavy atom. The van der Waals surface area contributed by atoms with Crippen LogP contribution in [-0.2, 0) is 6.54 Å². The van der Waals surface area contributed by atoms with Crippen LogP contribution in [0.15, 0.2) is 18.5 Å². The molecule has 1 saturated heterocycles. The zero-order valence-corrected chi connectivity index (χ0v) is 8.86. The standard InChI is InChI=1S/C11H16FN3/c1-8-5-15(7-11(8)13)6-9-2-10(12)4-14-3-9/h2-4,8,11H,5-7,13H2,1H3. The van der Waals surface area contributed by atoms with Crippen LogP contribution in [0.3, 0.4) is 0 Å². The van der Waals surface area contributed by atoms with Crippen LogP contribution in [0.25, 0.3) is 0 Å². The van der Waals surface area contributed by atoms with E-state index in [0.717, 1.165) is 25.2 Å². The van der Waals surface area contributed by atoms with Crippen LogP contribution in [-0.4, -0.2) is 29.0 Å². The second kappa shape index (κ2) is 4.24. The molecule has 0 saturated carbocycles. The van der Waals surface area contributed by atoms with Gasteiger partial charge in [0.1, 0.15) is 5.82 Å². The minimum Gasteiger partial charge on any atom is -0.326 e.